The van der Waals surface area contributed by atoms with Crippen LogP contribution in [0, 0.1) is 0 Å². The van der Waals surface area contributed by atoms with Gasteiger partial charge >= 0.3 is 6.18 Å². The molecule has 1 N–H and O–H groups in total. The number of Topliss-reactive ketones (excluding diaryl/α,β-unsaturated/α-hetero) is 1. The highest BCUT2D eigenvalue weighted by Gasteiger charge is 2.31. The maximum Gasteiger partial charge on any atom is 0.396 e. The van der Waals surface area contributed by atoms with Crippen LogP contribution in [0.25, 0.3) is 0 Å². The van der Waals surface area contributed by atoms with Gasteiger partial charge in [0.2, 0.25) is 0 Å². The van der Waals surface area contributed by atoms with E-state index < -0.39 is 18.4 Å². The first-order chi connectivity index (χ1) is 10.8. The smallest absolute Gasteiger partial charge is 0.388 e. The molecule has 23 heavy (non-hydrogen) atoms. The zero-order chi connectivity index (χ0) is 17.0. The SMILES string of the molecule is CNc1ccc(C(=O)c2ccc(C(=O)CC(F)(F)F)cc2)cc1. The topological polar surface area (TPSA) is 46.2 Å². The average molecular weight is 321 g/mol. The molecule has 0 radical (unpaired) electrons. The number of hydrogen-bond donors (Lipinski definition) is 1. The zero-order valence-electron chi connectivity index (χ0n) is 12.3. The maximum absolute atomic E-state index is 12.3. The van der Waals surface area contributed by atoms with Gasteiger partial charge in [-0.2, -0.15) is 13.2 Å². The van der Waals surface area contributed by atoms with E-state index in [4.69, 9.17) is 0 Å². The number of hydrogen-bond acceptors (Lipinski definition) is 3. The molecule has 0 aliphatic carbocycles. The van der Waals surface area contributed by atoms with Crippen LogP contribution < -0.4 is 5.32 Å². The Morgan fingerprint density at radius 3 is 1.74 bits per heavy atom. The second-order valence-electron chi connectivity index (χ2n) is 4.95. The molecule has 0 aliphatic heterocycles. The van der Waals surface area contributed by atoms with Crippen LogP contribution in [0.5, 0.6) is 0 Å². The summed E-state index contributed by atoms with van der Waals surface area (Å²) in [7, 11) is 1.76. The van der Waals surface area contributed by atoms with Gasteiger partial charge in [-0.15, -0.1) is 0 Å². The highest BCUT2D eigenvalue weighted by atomic mass is 19.4. The Kier molecular flexibility index (Phi) is 4.83. The molecule has 0 aliphatic rings. The van der Waals surface area contributed by atoms with Crippen molar-refractivity contribution >= 4 is 17.3 Å². The Morgan fingerprint density at radius 2 is 1.30 bits per heavy atom. The molecule has 0 spiro atoms. The van der Waals surface area contributed by atoms with Crippen LogP contribution in [0.15, 0.2) is 48.5 Å². The van der Waals surface area contributed by atoms with Gasteiger partial charge in [0.25, 0.3) is 0 Å². The van der Waals surface area contributed by atoms with Crippen molar-refractivity contribution in [2.45, 2.75) is 12.6 Å². The summed E-state index contributed by atoms with van der Waals surface area (Å²) in [6.07, 6.45) is -6.05. The van der Waals surface area contributed by atoms with E-state index >= 15 is 0 Å². The Labute approximate surface area is 131 Å². The van der Waals surface area contributed by atoms with Crippen LogP contribution in [0.2, 0.25) is 0 Å². The summed E-state index contributed by atoms with van der Waals surface area (Å²) >= 11 is 0. The first kappa shape index (κ1) is 16.7. The van der Waals surface area contributed by atoms with Crippen molar-refractivity contribution in [3.63, 3.8) is 0 Å². The summed E-state index contributed by atoms with van der Waals surface area (Å²) in [6.45, 7) is 0. The zero-order valence-corrected chi connectivity index (χ0v) is 12.3. The molecular weight excluding hydrogens is 307 g/mol. The number of rotatable bonds is 5. The van der Waals surface area contributed by atoms with Crippen LogP contribution in [0.1, 0.15) is 32.7 Å². The number of alkyl halides is 3. The molecule has 6 heteroatoms. The number of benzene rings is 2. The highest BCUT2D eigenvalue weighted by Crippen LogP contribution is 2.22. The molecule has 0 heterocycles. The molecule has 2 rings (SSSR count). The predicted molar refractivity (Wildman–Crippen MR) is 80.9 cm³/mol. The van der Waals surface area contributed by atoms with Crippen molar-refractivity contribution in [1.82, 2.24) is 0 Å². The fourth-order valence-electron chi connectivity index (χ4n) is 2.05. The number of halogens is 3. The van der Waals surface area contributed by atoms with Crippen LogP contribution in [0.4, 0.5) is 18.9 Å². The van der Waals surface area contributed by atoms with Crippen molar-refractivity contribution in [2.24, 2.45) is 0 Å². The van der Waals surface area contributed by atoms with Crippen LogP contribution in [-0.2, 0) is 0 Å². The van der Waals surface area contributed by atoms with Gasteiger partial charge in [0.05, 0.1) is 0 Å². The molecule has 0 saturated carbocycles. The van der Waals surface area contributed by atoms with Crippen molar-refractivity contribution in [3.05, 3.63) is 65.2 Å². The van der Waals surface area contributed by atoms with E-state index in [1.807, 2.05) is 0 Å². The van der Waals surface area contributed by atoms with Gasteiger partial charge in [-0.3, -0.25) is 9.59 Å². The summed E-state index contributed by atoms with van der Waals surface area (Å²) in [6, 6.07) is 12.0. The Morgan fingerprint density at radius 1 is 0.870 bits per heavy atom. The first-order valence-electron chi connectivity index (χ1n) is 6.83. The minimum absolute atomic E-state index is 0.0654. The van der Waals surface area contributed by atoms with Gasteiger partial charge in [-0.1, -0.05) is 24.3 Å². The third kappa shape index (κ3) is 4.42. The van der Waals surface area contributed by atoms with Gasteiger partial charge < -0.3 is 5.32 Å². The van der Waals surface area contributed by atoms with Gasteiger partial charge in [-0.05, 0) is 24.3 Å². The van der Waals surface area contributed by atoms with E-state index in [9.17, 15) is 22.8 Å². The Balaban J connectivity index is 2.15. The molecule has 0 fully saturated rings. The molecule has 0 aromatic heterocycles. The van der Waals surface area contributed by atoms with E-state index in [0.717, 1.165) is 5.69 Å². The van der Waals surface area contributed by atoms with Crippen LogP contribution in [-0.4, -0.2) is 24.8 Å². The summed E-state index contributed by atoms with van der Waals surface area (Å²) < 4.78 is 36.6. The number of ketones is 2. The first-order valence-corrected chi connectivity index (χ1v) is 6.83. The predicted octanol–water partition coefficient (Wildman–Crippen LogP) is 4.09. The minimum Gasteiger partial charge on any atom is -0.388 e. The molecule has 120 valence electrons. The van der Waals surface area contributed by atoms with Gasteiger partial charge in [0, 0.05) is 29.4 Å². The number of carbonyl (C=O) groups excluding carboxylic acids is 2. The third-order valence-corrected chi connectivity index (χ3v) is 3.27. The van der Waals surface area contributed by atoms with Gasteiger partial charge in [0.15, 0.2) is 11.6 Å². The second kappa shape index (κ2) is 6.64. The molecule has 2 aromatic carbocycles. The second-order valence-corrected chi connectivity index (χ2v) is 4.95. The standard InChI is InChI=1S/C17H14F3NO2/c1-21-14-8-6-13(7-9-14)16(23)12-4-2-11(3-5-12)15(22)10-17(18,19)20/h2-9,21H,10H2,1H3. The fourth-order valence-corrected chi connectivity index (χ4v) is 2.05. The maximum atomic E-state index is 12.3. The molecule has 0 bridgehead atoms. The molecule has 3 nitrogen and oxygen atoms in total. The lowest BCUT2D eigenvalue weighted by molar-refractivity contribution is -0.125. The van der Waals surface area contributed by atoms with Crippen LogP contribution in [0.3, 0.4) is 0 Å². The molecular formula is C17H14F3NO2. The van der Waals surface area contributed by atoms with Crippen molar-refractivity contribution in [2.75, 3.05) is 12.4 Å². The lowest BCUT2D eigenvalue weighted by atomic mass is 10.00. The monoisotopic (exact) mass is 321 g/mol. The fraction of sp³-hybridized carbons (Fsp3) is 0.176. The summed E-state index contributed by atoms with van der Waals surface area (Å²) in [5, 5.41) is 2.93. The molecule has 2 aromatic rings. The average Bonchev–Trinajstić information content (AvgIpc) is 2.53. The van der Waals surface area contributed by atoms with Gasteiger partial charge in [0.1, 0.15) is 6.42 Å². The Hall–Kier alpha value is -2.63. The molecule has 0 saturated heterocycles. The third-order valence-electron chi connectivity index (χ3n) is 3.27. The van der Waals surface area contributed by atoms with E-state index in [-0.39, 0.29) is 11.3 Å². The summed E-state index contributed by atoms with van der Waals surface area (Å²) in [4.78, 5) is 23.7. The lowest BCUT2D eigenvalue weighted by Gasteiger charge is -2.07. The summed E-state index contributed by atoms with van der Waals surface area (Å²) in [5.41, 5.74) is 1.56. The molecule has 0 amide bonds. The summed E-state index contributed by atoms with van der Waals surface area (Å²) in [5.74, 6) is -1.28. The number of carbonyl (C=O) groups is 2. The van der Waals surface area contributed by atoms with Gasteiger partial charge in [-0.25, -0.2) is 0 Å². The molecule has 0 atom stereocenters. The number of nitrogens with one attached hydrogen (secondary N) is 1. The van der Waals surface area contributed by atoms with Crippen molar-refractivity contribution in [1.29, 1.82) is 0 Å². The number of anilines is 1. The quantitative estimate of drug-likeness (QED) is 0.844. The van der Waals surface area contributed by atoms with E-state index in [1.54, 1.807) is 31.3 Å². The minimum atomic E-state index is -4.54. The van der Waals surface area contributed by atoms with E-state index in [0.29, 0.717) is 11.1 Å². The highest BCUT2D eigenvalue weighted by molar-refractivity contribution is 6.09. The van der Waals surface area contributed by atoms with E-state index in [1.165, 1.54) is 24.3 Å². The largest absolute Gasteiger partial charge is 0.396 e. The van der Waals surface area contributed by atoms with E-state index in [2.05, 4.69) is 5.32 Å². The Bertz CT molecular complexity index is 704. The van der Waals surface area contributed by atoms with Crippen LogP contribution >= 0.6 is 0 Å². The van der Waals surface area contributed by atoms with Crippen molar-refractivity contribution in [3.8, 4) is 0 Å². The molecule has 0 unspecified atom stereocenters. The normalized spacial score (nSPS) is 11.1. The van der Waals surface area contributed by atoms with Crippen molar-refractivity contribution < 1.29 is 22.8 Å². The lowest BCUT2D eigenvalue weighted by Crippen LogP contribution is -2.15.